The number of hydrogen-bond donors (Lipinski definition) is 2. The molecule has 0 saturated heterocycles. The van der Waals surface area contributed by atoms with Crippen LogP contribution in [0.2, 0.25) is 5.15 Å². The minimum absolute atomic E-state index is 0.482. The molecule has 0 aliphatic heterocycles. The van der Waals surface area contributed by atoms with Gasteiger partial charge in [0.15, 0.2) is 0 Å². The number of rotatable bonds is 2. The van der Waals surface area contributed by atoms with Gasteiger partial charge in [0, 0.05) is 0 Å². The predicted molar refractivity (Wildman–Crippen MR) is 44.4 cm³/mol. The van der Waals surface area contributed by atoms with E-state index in [0.717, 1.165) is 6.07 Å². The first kappa shape index (κ1) is 10.6. The molecule has 0 radical (unpaired) electrons. The van der Waals surface area contributed by atoms with E-state index < -0.39 is 34.5 Å². The number of alkyl halides is 2. The lowest BCUT2D eigenvalue weighted by Crippen LogP contribution is -2.12. The number of nitrogens with zero attached hydrogens (tertiary/aromatic N) is 1. The van der Waals surface area contributed by atoms with Crippen molar-refractivity contribution in [2.24, 2.45) is 5.73 Å². The molecule has 0 aromatic carbocycles. The van der Waals surface area contributed by atoms with Gasteiger partial charge in [0.25, 0.3) is 12.3 Å². The molecule has 0 atom stereocenters. The van der Waals surface area contributed by atoms with Crippen LogP contribution in [0.15, 0.2) is 6.07 Å². The summed E-state index contributed by atoms with van der Waals surface area (Å²) < 4.78 is 24.5. The lowest BCUT2D eigenvalue weighted by molar-refractivity contribution is 0.0996. The van der Waals surface area contributed by atoms with E-state index in [1.165, 1.54) is 0 Å². The van der Waals surface area contributed by atoms with Crippen LogP contribution >= 0.6 is 11.6 Å². The van der Waals surface area contributed by atoms with Crippen LogP contribution in [0, 0.1) is 0 Å². The lowest BCUT2D eigenvalue weighted by Gasteiger charge is -2.05. The first-order valence-electron chi connectivity index (χ1n) is 3.41. The Labute approximate surface area is 82.3 Å². The molecule has 76 valence electrons. The van der Waals surface area contributed by atoms with Gasteiger partial charge >= 0.3 is 0 Å². The molecule has 1 aromatic rings. The van der Waals surface area contributed by atoms with Gasteiger partial charge in [-0.25, -0.2) is 13.8 Å². The van der Waals surface area contributed by atoms with Gasteiger partial charge in [-0.3, -0.25) is 4.79 Å². The Balaban J connectivity index is 3.34. The van der Waals surface area contributed by atoms with Gasteiger partial charge in [0.2, 0.25) is 5.88 Å². The Kier molecular flexibility index (Phi) is 2.85. The van der Waals surface area contributed by atoms with E-state index in [9.17, 15) is 13.6 Å². The van der Waals surface area contributed by atoms with Gasteiger partial charge in [0.05, 0.1) is 5.56 Å². The van der Waals surface area contributed by atoms with E-state index in [-0.39, 0.29) is 0 Å². The Morgan fingerprint density at radius 3 is 2.64 bits per heavy atom. The summed E-state index contributed by atoms with van der Waals surface area (Å²) in [5, 5.41) is 8.47. The molecule has 0 aliphatic rings. The van der Waals surface area contributed by atoms with Crippen LogP contribution in [0.5, 0.6) is 5.88 Å². The fourth-order valence-electron chi connectivity index (χ4n) is 0.832. The zero-order valence-electron chi connectivity index (χ0n) is 6.67. The number of primary amides is 1. The quantitative estimate of drug-likeness (QED) is 0.744. The van der Waals surface area contributed by atoms with E-state index in [0.29, 0.717) is 0 Å². The monoisotopic (exact) mass is 222 g/mol. The topological polar surface area (TPSA) is 76.2 Å². The molecule has 0 spiro atoms. The van der Waals surface area contributed by atoms with Crippen LogP contribution in [-0.4, -0.2) is 16.0 Å². The van der Waals surface area contributed by atoms with Gasteiger partial charge in [0.1, 0.15) is 10.7 Å². The van der Waals surface area contributed by atoms with Crippen molar-refractivity contribution in [1.82, 2.24) is 4.98 Å². The van der Waals surface area contributed by atoms with Crippen LogP contribution in [0.25, 0.3) is 0 Å². The maximum absolute atomic E-state index is 12.2. The van der Waals surface area contributed by atoms with Gasteiger partial charge in [-0.15, -0.1) is 0 Å². The zero-order valence-corrected chi connectivity index (χ0v) is 7.42. The second kappa shape index (κ2) is 3.75. The largest absolute Gasteiger partial charge is 0.493 e. The highest BCUT2D eigenvalue weighted by Crippen LogP contribution is 2.29. The van der Waals surface area contributed by atoms with Crippen LogP contribution in [0.4, 0.5) is 8.78 Å². The van der Waals surface area contributed by atoms with Gasteiger partial charge < -0.3 is 10.8 Å². The average Bonchev–Trinajstić information content (AvgIpc) is 2.02. The highest BCUT2D eigenvalue weighted by Gasteiger charge is 2.19. The maximum Gasteiger partial charge on any atom is 0.266 e. The molecule has 1 heterocycles. The third-order valence-electron chi connectivity index (χ3n) is 1.48. The second-order valence-electron chi connectivity index (χ2n) is 2.40. The summed E-state index contributed by atoms with van der Waals surface area (Å²) in [4.78, 5) is 13.8. The van der Waals surface area contributed by atoms with Crippen LogP contribution in [-0.2, 0) is 0 Å². The van der Waals surface area contributed by atoms with Gasteiger partial charge in [-0.2, -0.15) is 0 Å². The molecule has 0 unspecified atom stereocenters. The molecule has 0 fully saturated rings. The summed E-state index contributed by atoms with van der Waals surface area (Å²) in [7, 11) is 0. The van der Waals surface area contributed by atoms with Crippen molar-refractivity contribution in [3.05, 3.63) is 22.3 Å². The number of halogens is 3. The molecule has 1 rings (SSSR count). The Morgan fingerprint density at radius 2 is 2.21 bits per heavy atom. The number of aromatic nitrogens is 1. The minimum Gasteiger partial charge on any atom is -0.493 e. The molecule has 3 N–H and O–H groups in total. The highest BCUT2D eigenvalue weighted by molar-refractivity contribution is 6.30. The van der Waals surface area contributed by atoms with Gasteiger partial charge in [-0.05, 0) is 6.07 Å². The van der Waals surface area contributed by atoms with E-state index in [1.807, 2.05) is 0 Å². The number of hydrogen-bond acceptors (Lipinski definition) is 3. The molecular weight excluding hydrogens is 218 g/mol. The number of pyridine rings is 1. The van der Waals surface area contributed by atoms with Crippen LogP contribution < -0.4 is 5.73 Å². The molecule has 0 saturated carbocycles. The van der Waals surface area contributed by atoms with Crippen molar-refractivity contribution in [2.75, 3.05) is 0 Å². The predicted octanol–water partition coefficient (Wildman–Crippen LogP) is 1.48. The van der Waals surface area contributed by atoms with Crippen molar-refractivity contribution < 1.29 is 18.7 Å². The van der Waals surface area contributed by atoms with Crippen molar-refractivity contribution in [2.45, 2.75) is 6.43 Å². The van der Waals surface area contributed by atoms with Crippen molar-refractivity contribution in [1.29, 1.82) is 0 Å². The Bertz CT molecular complexity index is 384. The van der Waals surface area contributed by atoms with Crippen LogP contribution in [0.1, 0.15) is 22.3 Å². The smallest absolute Gasteiger partial charge is 0.266 e. The SMILES string of the molecule is NC(=O)c1cc(C(F)F)c(Cl)nc1O. The van der Waals surface area contributed by atoms with Crippen molar-refractivity contribution in [3.8, 4) is 5.88 Å². The first-order chi connectivity index (χ1) is 6.43. The normalized spacial score (nSPS) is 10.6. The summed E-state index contributed by atoms with van der Waals surface area (Å²) in [6.45, 7) is 0. The van der Waals surface area contributed by atoms with Crippen LogP contribution in [0.3, 0.4) is 0 Å². The Hall–Kier alpha value is -1.43. The van der Waals surface area contributed by atoms with E-state index in [2.05, 4.69) is 4.98 Å². The van der Waals surface area contributed by atoms with E-state index in [4.69, 9.17) is 22.4 Å². The standard InChI is InChI=1S/C7H5ClF2N2O2/c8-4-2(5(9)10)1-3(6(11)13)7(14)12-4/h1,5H,(H2,11,13)(H,12,14). The first-order valence-corrected chi connectivity index (χ1v) is 3.78. The fourth-order valence-corrected chi connectivity index (χ4v) is 1.05. The van der Waals surface area contributed by atoms with E-state index in [1.54, 1.807) is 0 Å². The molecule has 14 heavy (non-hydrogen) atoms. The molecular formula is C7H5ClF2N2O2. The summed E-state index contributed by atoms with van der Waals surface area (Å²) in [5.41, 5.74) is 3.68. The average molecular weight is 223 g/mol. The number of nitrogens with two attached hydrogens (primary N) is 1. The molecule has 1 amide bonds. The zero-order chi connectivity index (χ0) is 10.9. The number of carbonyl (C=O) groups is 1. The molecule has 4 nitrogen and oxygen atoms in total. The molecule has 0 aliphatic carbocycles. The Morgan fingerprint density at radius 1 is 1.64 bits per heavy atom. The lowest BCUT2D eigenvalue weighted by atomic mass is 10.2. The third-order valence-corrected chi connectivity index (χ3v) is 1.79. The van der Waals surface area contributed by atoms with Crippen molar-refractivity contribution >= 4 is 17.5 Å². The summed E-state index contributed by atoms with van der Waals surface area (Å²) in [6, 6.07) is 0.720. The summed E-state index contributed by atoms with van der Waals surface area (Å²) in [6.07, 6.45) is -2.88. The fraction of sp³-hybridized carbons (Fsp3) is 0.143. The maximum atomic E-state index is 12.2. The third kappa shape index (κ3) is 1.90. The minimum atomic E-state index is -2.88. The number of carbonyl (C=O) groups excluding carboxylic acids is 1. The highest BCUT2D eigenvalue weighted by atomic mass is 35.5. The van der Waals surface area contributed by atoms with Crippen molar-refractivity contribution in [3.63, 3.8) is 0 Å². The second-order valence-corrected chi connectivity index (χ2v) is 2.76. The molecule has 7 heteroatoms. The number of amides is 1. The number of aromatic hydroxyl groups is 1. The van der Waals surface area contributed by atoms with E-state index >= 15 is 0 Å². The van der Waals surface area contributed by atoms with Gasteiger partial charge in [-0.1, -0.05) is 11.6 Å². The summed E-state index contributed by atoms with van der Waals surface area (Å²) >= 11 is 5.30. The molecule has 0 bridgehead atoms. The molecule has 1 aromatic heterocycles. The summed E-state index contributed by atoms with van der Waals surface area (Å²) in [5.74, 6) is -1.81.